The van der Waals surface area contributed by atoms with Crippen molar-refractivity contribution >= 4 is 0 Å². The van der Waals surface area contributed by atoms with Crippen LogP contribution in [-0.4, -0.2) is 20.3 Å². The van der Waals surface area contributed by atoms with E-state index in [1.165, 1.54) is 0 Å². The molecule has 0 aliphatic carbocycles. The van der Waals surface area contributed by atoms with Crippen LogP contribution >= 0.6 is 0 Å². The molecule has 0 bridgehead atoms. The number of halogens is 2. The van der Waals surface area contributed by atoms with Crippen molar-refractivity contribution in [3.8, 4) is 0 Å². The summed E-state index contributed by atoms with van der Waals surface area (Å²) in [5, 5.41) is 3.18. The van der Waals surface area contributed by atoms with Gasteiger partial charge in [0.25, 0.3) is 0 Å². The van der Waals surface area contributed by atoms with E-state index in [-0.39, 0.29) is 6.04 Å². The summed E-state index contributed by atoms with van der Waals surface area (Å²) in [6, 6.07) is 3.11. The lowest BCUT2D eigenvalue weighted by molar-refractivity contribution is 0.188. The highest BCUT2D eigenvalue weighted by atomic mass is 19.2. The van der Waals surface area contributed by atoms with Gasteiger partial charge in [0.05, 0.1) is 0 Å². The lowest BCUT2D eigenvalue weighted by Crippen LogP contribution is -2.23. The predicted molar refractivity (Wildman–Crippen MR) is 68.6 cm³/mol. The topological polar surface area (TPSA) is 21.3 Å². The van der Waals surface area contributed by atoms with Crippen molar-refractivity contribution in [3.05, 3.63) is 34.9 Å². The molecular formula is C14H21F2NO. The van der Waals surface area contributed by atoms with E-state index in [2.05, 4.69) is 5.32 Å². The molecule has 0 amide bonds. The van der Waals surface area contributed by atoms with E-state index < -0.39 is 11.6 Å². The average molecular weight is 257 g/mol. The molecule has 0 saturated heterocycles. The first-order chi connectivity index (χ1) is 8.61. The molecule has 0 spiro atoms. The van der Waals surface area contributed by atoms with Crippen LogP contribution in [0.3, 0.4) is 0 Å². The van der Waals surface area contributed by atoms with Crippen molar-refractivity contribution in [2.45, 2.75) is 32.7 Å². The Kier molecular flexibility index (Phi) is 6.22. The van der Waals surface area contributed by atoms with E-state index in [0.717, 1.165) is 12.8 Å². The first-order valence-electron chi connectivity index (χ1n) is 6.28. The largest absolute Gasteiger partial charge is 0.385 e. The second kappa shape index (κ2) is 7.44. The van der Waals surface area contributed by atoms with Gasteiger partial charge in [-0.1, -0.05) is 19.1 Å². The maximum Gasteiger partial charge on any atom is 0.163 e. The fourth-order valence-corrected chi connectivity index (χ4v) is 1.98. The van der Waals surface area contributed by atoms with Gasteiger partial charge < -0.3 is 10.1 Å². The normalized spacial score (nSPS) is 12.7. The first-order valence-corrected chi connectivity index (χ1v) is 6.28. The highest BCUT2D eigenvalue weighted by Crippen LogP contribution is 2.24. The summed E-state index contributed by atoms with van der Waals surface area (Å²) < 4.78 is 32.4. The van der Waals surface area contributed by atoms with Crippen LogP contribution in [-0.2, 0) is 4.74 Å². The van der Waals surface area contributed by atoms with Crippen molar-refractivity contribution in [3.63, 3.8) is 0 Å². The second-order valence-electron chi connectivity index (χ2n) is 4.34. The van der Waals surface area contributed by atoms with E-state index in [9.17, 15) is 8.78 Å². The van der Waals surface area contributed by atoms with Crippen LogP contribution in [0.25, 0.3) is 0 Å². The number of methoxy groups -OCH3 is 1. The molecule has 1 aromatic rings. The summed E-state index contributed by atoms with van der Waals surface area (Å²) in [4.78, 5) is 0. The van der Waals surface area contributed by atoms with Gasteiger partial charge in [0.2, 0.25) is 0 Å². The number of hydrogen-bond donors (Lipinski definition) is 1. The van der Waals surface area contributed by atoms with Crippen LogP contribution in [0.1, 0.15) is 36.9 Å². The van der Waals surface area contributed by atoms with Crippen molar-refractivity contribution in [1.29, 1.82) is 0 Å². The fourth-order valence-electron chi connectivity index (χ4n) is 1.98. The van der Waals surface area contributed by atoms with Gasteiger partial charge in [-0.2, -0.15) is 0 Å². The summed E-state index contributed by atoms with van der Waals surface area (Å²) in [6.07, 6.45) is 1.53. The van der Waals surface area contributed by atoms with Gasteiger partial charge in [-0.05, 0) is 31.9 Å². The molecule has 0 saturated carbocycles. The summed E-state index contributed by atoms with van der Waals surface area (Å²) in [7, 11) is 1.63. The molecule has 18 heavy (non-hydrogen) atoms. The number of hydrogen-bond acceptors (Lipinski definition) is 2. The van der Waals surface area contributed by atoms with Crippen molar-refractivity contribution < 1.29 is 13.5 Å². The molecule has 102 valence electrons. The minimum absolute atomic E-state index is 0.166. The lowest BCUT2D eigenvalue weighted by Gasteiger charge is -2.19. The van der Waals surface area contributed by atoms with Gasteiger partial charge in [-0.15, -0.1) is 0 Å². The number of rotatable bonds is 7. The Bertz CT molecular complexity index is 382. The van der Waals surface area contributed by atoms with Crippen LogP contribution in [0.5, 0.6) is 0 Å². The van der Waals surface area contributed by atoms with Crippen LogP contribution in [0, 0.1) is 18.6 Å². The maximum atomic E-state index is 13.9. The summed E-state index contributed by atoms with van der Waals surface area (Å²) >= 11 is 0. The molecular weight excluding hydrogens is 236 g/mol. The third-order valence-electron chi connectivity index (χ3n) is 2.97. The SMILES string of the molecule is CCNC(CCCOC)c1ccc(C)c(F)c1F. The van der Waals surface area contributed by atoms with E-state index >= 15 is 0 Å². The van der Waals surface area contributed by atoms with E-state index in [1.54, 1.807) is 26.2 Å². The summed E-state index contributed by atoms with van der Waals surface area (Å²) in [5.74, 6) is -1.49. The van der Waals surface area contributed by atoms with E-state index in [1.807, 2.05) is 6.92 Å². The minimum atomic E-state index is -0.748. The molecule has 0 aromatic heterocycles. The van der Waals surface area contributed by atoms with Crippen molar-refractivity contribution in [2.24, 2.45) is 0 Å². The number of aryl methyl sites for hydroxylation is 1. The Balaban J connectivity index is 2.87. The van der Waals surface area contributed by atoms with Gasteiger partial charge in [0.15, 0.2) is 11.6 Å². The minimum Gasteiger partial charge on any atom is -0.385 e. The molecule has 1 N–H and O–H groups in total. The summed E-state index contributed by atoms with van der Waals surface area (Å²) in [5.41, 5.74) is 0.736. The van der Waals surface area contributed by atoms with E-state index in [0.29, 0.717) is 24.3 Å². The van der Waals surface area contributed by atoms with Gasteiger partial charge >= 0.3 is 0 Å². The van der Waals surface area contributed by atoms with Gasteiger partial charge in [-0.25, -0.2) is 8.78 Å². The van der Waals surface area contributed by atoms with Crippen molar-refractivity contribution in [1.82, 2.24) is 5.32 Å². The zero-order chi connectivity index (χ0) is 13.5. The van der Waals surface area contributed by atoms with Crippen molar-refractivity contribution in [2.75, 3.05) is 20.3 Å². The number of nitrogens with one attached hydrogen (secondary N) is 1. The lowest BCUT2D eigenvalue weighted by atomic mass is 9.99. The third-order valence-corrected chi connectivity index (χ3v) is 2.97. The smallest absolute Gasteiger partial charge is 0.163 e. The summed E-state index contributed by atoms with van der Waals surface area (Å²) in [6.45, 7) is 4.85. The predicted octanol–water partition coefficient (Wildman–Crippen LogP) is 3.35. The molecule has 0 fully saturated rings. The molecule has 2 nitrogen and oxygen atoms in total. The van der Waals surface area contributed by atoms with Crippen LogP contribution < -0.4 is 5.32 Å². The van der Waals surface area contributed by atoms with Gasteiger partial charge in [0, 0.05) is 25.3 Å². The van der Waals surface area contributed by atoms with Gasteiger partial charge in [-0.3, -0.25) is 0 Å². The highest BCUT2D eigenvalue weighted by molar-refractivity contribution is 5.27. The molecule has 0 aliphatic rings. The maximum absolute atomic E-state index is 13.9. The fraction of sp³-hybridized carbons (Fsp3) is 0.571. The average Bonchev–Trinajstić information content (AvgIpc) is 2.36. The molecule has 0 aliphatic heterocycles. The zero-order valence-electron chi connectivity index (χ0n) is 11.2. The molecule has 1 rings (SSSR count). The number of benzene rings is 1. The molecule has 1 atom stereocenters. The quantitative estimate of drug-likeness (QED) is 0.756. The monoisotopic (exact) mass is 257 g/mol. The Morgan fingerprint density at radius 1 is 1.28 bits per heavy atom. The van der Waals surface area contributed by atoms with Crippen LogP contribution in [0.2, 0.25) is 0 Å². The second-order valence-corrected chi connectivity index (χ2v) is 4.34. The Hall–Kier alpha value is -1.00. The van der Waals surface area contributed by atoms with Crippen LogP contribution in [0.15, 0.2) is 12.1 Å². The molecule has 1 aromatic carbocycles. The Morgan fingerprint density at radius 3 is 2.61 bits per heavy atom. The molecule has 1 unspecified atom stereocenters. The molecule has 4 heteroatoms. The van der Waals surface area contributed by atoms with Gasteiger partial charge in [0.1, 0.15) is 0 Å². The standard InChI is InChI=1S/C14H21F2NO/c1-4-17-12(6-5-9-18-3)11-8-7-10(2)13(15)14(11)16/h7-8,12,17H,4-6,9H2,1-3H3. The molecule has 0 heterocycles. The third kappa shape index (κ3) is 3.75. The Morgan fingerprint density at radius 2 is 2.00 bits per heavy atom. The zero-order valence-corrected chi connectivity index (χ0v) is 11.2. The highest BCUT2D eigenvalue weighted by Gasteiger charge is 2.18. The first kappa shape index (κ1) is 15.1. The Labute approximate surface area is 107 Å². The van der Waals surface area contributed by atoms with E-state index in [4.69, 9.17) is 4.74 Å². The molecule has 0 radical (unpaired) electrons. The number of ether oxygens (including phenoxy) is 1. The van der Waals surface area contributed by atoms with Crippen LogP contribution in [0.4, 0.5) is 8.78 Å².